The molecule has 1 aliphatic rings. The Bertz CT molecular complexity index is 400. The molecule has 3 atom stereocenters. The second-order valence-corrected chi connectivity index (χ2v) is 5.75. The second kappa shape index (κ2) is 5.79. The molecule has 3 unspecified atom stereocenters. The largest absolute Gasteiger partial charge is 0.486 e. The van der Waals surface area contributed by atoms with Gasteiger partial charge in [-0.3, -0.25) is 0 Å². The summed E-state index contributed by atoms with van der Waals surface area (Å²) in [5, 5.41) is 0.723. The molecule has 0 heterocycles. The summed E-state index contributed by atoms with van der Waals surface area (Å²) in [6.45, 7) is 2.60. The first-order valence-electron chi connectivity index (χ1n) is 5.49. The molecule has 17 heavy (non-hydrogen) atoms. The molecule has 1 aliphatic carbocycles. The maximum Gasteiger partial charge on any atom is 0.134 e. The predicted octanol–water partition coefficient (Wildman–Crippen LogP) is 4.27. The number of alkyl halides is 1. The van der Waals surface area contributed by atoms with Gasteiger partial charge in [0.15, 0.2) is 0 Å². The summed E-state index contributed by atoms with van der Waals surface area (Å²) in [4.78, 5) is 0. The highest BCUT2D eigenvalue weighted by atomic mass is 79.9. The van der Waals surface area contributed by atoms with Crippen molar-refractivity contribution in [1.82, 2.24) is 0 Å². The van der Waals surface area contributed by atoms with E-state index in [1.807, 2.05) is 19.1 Å². The van der Waals surface area contributed by atoms with Crippen LogP contribution in [0.4, 0.5) is 0 Å². The quantitative estimate of drug-likeness (QED) is 0.763. The molecule has 1 aromatic carbocycles. The van der Waals surface area contributed by atoms with Gasteiger partial charge in [-0.25, -0.2) is 0 Å². The van der Waals surface area contributed by atoms with Crippen molar-refractivity contribution >= 4 is 39.1 Å². The summed E-state index contributed by atoms with van der Waals surface area (Å²) < 4.78 is 12.2. The number of hydrogen-bond acceptors (Lipinski definition) is 2. The normalized spacial score (nSPS) is 27.6. The molecule has 1 aromatic rings. The summed E-state index contributed by atoms with van der Waals surface area (Å²) in [6.07, 6.45) is 0.806. The Morgan fingerprint density at radius 3 is 2.82 bits per heavy atom. The minimum atomic E-state index is -0.0238. The lowest BCUT2D eigenvalue weighted by molar-refractivity contribution is -0.0762. The molecule has 0 spiro atoms. The lowest BCUT2D eigenvalue weighted by Gasteiger charge is -2.40. The molecule has 5 heteroatoms. The third-order valence-electron chi connectivity index (χ3n) is 2.71. The monoisotopic (exact) mass is 338 g/mol. The first kappa shape index (κ1) is 13.5. The van der Waals surface area contributed by atoms with Gasteiger partial charge < -0.3 is 9.47 Å². The molecular weight excluding hydrogens is 327 g/mol. The number of rotatable bonds is 4. The minimum absolute atomic E-state index is 0.0231. The van der Waals surface area contributed by atoms with Crippen molar-refractivity contribution in [3.05, 3.63) is 27.7 Å². The molecule has 0 saturated heterocycles. The van der Waals surface area contributed by atoms with Crippen LogP contribution >= 0.6 is 39.1 Å². The van der Waals surface area contributed by atoms with Crippen molar-refractivity contribution in [3.63, 3.8) is 0 Å². The molecule has 0 aliphatic heterocycles. The van der Waals surface area contributed by atoms with Gasteiger partial charge >= 0.3 is 0 Å². The third kappa shape index (κ3) is 3.08. The zero-order valence-electron chi connectivity index (χ0n) is 9.33. The number of benzene rings is 1. The van der Waals surface area contributed by atoms with E-state index in [9.17, 15) is 0 Å². The minimum Gasteiger partial charge on any atom is -0.486 e. The van der Waals surface area contributed by atoms with Gasteiger partial charge in [0.1, 0.15) is 18.0 Å². The Labute approximate surface area is 119 Å². The highest BCUT2D eigenvalue weighted by molar-refractivity contribution is 9.10. The first-order valence-corrected chi connectivity index (χ1v) is 7.10. The van der Waals surface area contributed by atoms with Crippen molar-refractivity contribution in [3.8, 4) is 5.75 Å². The van der Waals surface area contributed by atoms with E-state index < -0.39 is 0 Å². The van der Waals surface area contributed by atoms with Crippen LogP contribution in [-0.2, 0) is 4.74 Å². The van der Waals surface area contributed by atoms with Crippen molar-refractivity contribution in [2.24, 2.45) is 0 Å². The van der Waals surface area contributed by atoms with Crippen LogP contribution in [0.15, 0.2) is 22.7 Å². The Morgan fingerprint density at radius 2 is 2.24 bits per heavy atom. The average molecular weight is 340 g/mol. The average Bonchev–Trinajstić information content (AvgIpc) is 2.28. The first-order chi connectivity index (χ1) is 8.11. The molecule has 2 nitrogen and oxygen atoms in total. The van der Waals surface area contributed by atoms with Crippen molar-refractivity contribution < 1.29 is 9.47 Å². The number of halogens is 3. The van der Waals surface area contributed by atoms with Gasteiger partial charge in [-0.2, -0.15) is 0 Å². The molecule has 0 radical (unpaired) electrons. The predicted molar refractivity (Wildman–Crippen MR) is 73.2 cm³/mol. The molecule has 1 saturated carbocycles. The Hall–Kier alpha value is 0.0400. The molecule has 0 bridgehead atoms. The fourth-order valence-electron chi connectivity index (χ4n) is 1.78. The fraction of sp³-hybridized carbons (Fsp3) is 0.500. The topological polar surface area (TPSA) is 18.5 Å². The van der Waals surface area contributed by atoms with E-state index in [2.05, 4.69) is 15.9 Å². The third-order valence-corrected chi connectivity index (χ3v) is 3.99. The van der Waals surface area contributed by atoms with Gasteiger partial charge in [-0.05, 0) is 41.1 Å². The van der Waals surface area contributed by atoms with Gasteiger partial charge in [0, 0.05) is 18.1 Å². The van der Waals surface area contributed by atoms with Crippen LogP contribution in [0.3, 0.4) is 0 Å². The molecule has 0 N–H and O–H groups in total. The van der Waals surface area contributed by atoms with Gasteiger partial charge in [0.05, 0.1) is 9.85 Å². The lowest BCUT2D eigenvalue weighted by Crippen LogP contribution is -2.52. The maximum absolute atomic E-state index is 6.08. The molecular formula is C12H13BrCl2O2. The SMILES string of the molecule is CCOC1C(Cl)CC1Oc1ccc(Cl)cc1Br. The molecule has 94 valence electrons. The summed E-state index contributed by atoms with van der Waals surface area (Å²) in [5.41, 5.74) is 0. The van der Waals surface area contributed by atoms with Crippen LogP contribution in [0.1, 0.15) is 13.3 Å². The van der Waals surface area contributed by atoms with Crippen LogP contribution in [0, 0.1) is 0 Å². The van der Waals surface area contributed by atoms with Crippen LogP contribution in [0.5, 0.6) is 5.75 Å². The summed E-state index contributed by atoms with van der Waals surface area (Å²) in [7, 11) is 0. The van der Waals surface area contributed by atoms with Crippen molar-refractivity contribution in [2.75, 3.05) is 6.61 Å². The summed E-state index contributed by atoms with van der Waals surface area (Å²) in [6, 6.07) is 5.45. The maximum atomic E-state index is 6.08. The smallest absolute Gasteiger partial charge is 0.134 e. The van der Waals surface area contributed by atoms with E-state index in [-0.39, 0.29) is 17.6 Å². The number of hydrogen-bond donors (Lipinski definition) is 0. The van der Waals surface area contributed by atoms with Gasteiger partial charge in [0.2, 0.25) is 0 Å². The number of ether oxygens (including phenoxy) is 2. The highest BCUT2D eigenvalue weighted by Crippen LogP contribution is 2.36. The van der Waals surface area contributed by atoms with E-state index in [4.69, 9.17) is 32.7 Å². The lowest BCUT2D eigenvalue weighted by atomic mass is 9.91. The Kier molecular flexibility index (Phi) is 4.59. The van der Waals surface area contributed by atoms with Gasteiger partial charge in [-0.1, -0.05) is 11.6 Å². The second-order valence-electron chi connectivity index (χ2n) is 3.90. The molecule has 1 fully saturated rings. The van der Waals surface area contributed by atoms with E-state index in [0.29, 0.717) is 11.6 Å². The van der Waals surface area contributed by atoms with E-state index in [0.717, 1.165) is 16.6 Å². The fourth-order valence-corrected chi connectivity index (χ4v) is 2.97. The van der Waals surface area contributed by atoms with Crippen LogP contribution in [0.25, 0.3) is 0 Å². The molecule has 2 rings (SSSR count). The van der Waals surface area contributed by atoms with E-state index in [1.54, 1.807) is 6.07 Å². The molecule has 0 aromatic heterocycles. The van der Waals surface area contributed by atoms with Gasteiger partial charge in [0.25, 0.3) is 0 Å². The van der Waals surface area contributed by atoms with E-state index in [1.165, 1.54) is 0 Å². The van der Waals surface area contributed by atoms with Crippen LogP contribution in [0.2, 0.25) is 5.02 Å². The molecule has 0 amide bonds. The zero-order chi connectivity index (χ0) is 12.4. The zero-order valence-corrected chi connectivity index (χ0v) is 12.4. The van der Waals surface area contributed by atoms with E-state index >= 15 is 0 Å². The van der Waals surface area contributed by atoms with Gasteiger partial charge in [-0.15, -0.1) is 11.6 Å². The highest BCUT2D eigenvalue weighted by Gasteiger charge is 2.42. The van der Waals surface area contributed by atoms with Crippen LogP contribution in [-0.4, -0.2) is 24.2 Å². The standard InChI is InChI=1S/C12H13BrCl2O2/c1-2-16-12-9(15)6-11(12)17-10-4-3-7(14)5-8(10)13/h3-5,9,11-12H,2,6H2,1H3. The Balaban J connectivity index is 2.01. The van der Waals surface area contributed by atoms with Crippen LogP contribution < -0.4 is 4.74 Å². The summed E-state index contributed by atoms with van der Waals surface area (Å²) >= 11 is 15.4. The Morgan fingerprint density at radius 1 is 1.47 bits per heavy atom. The van der Waals surface area contributed by atoms with Crippen molar-refractivity contribution in [2.45, 2.75) is 30.9 Å². The summed E-state index contributed by atoms with van der Waals surface area (Å²) in [5.74, 6) is 0.771. The van der Waals surface area contributed by atoms with Crippen molar-refractivity contribution in [1.29, 1.82) is 0 Å².